The smallest absolute Gasteiger partial charge is 0.119 e. The average molecular weight is 290 g/mol. The molecule has 2 N–H and O–H groups in total. The van der Waals surface area contributed by atoms with Crippen molar-refractivity contribution in [1.82, 2.24) is 0 Å². The van der Waals surface area contributed by atoms with Gasteiger partial charge >= 0.3 is 0 Å². The molecule has 0 saturated carbocycles. The van der Waals surface area contributed by atoms with Crippen molar-refractivity contribution in [2.75, 3.05) is 0 Å². The van der Waals surface area contributed by atoms with Crippen LogP contribution < -0.4 is 0 Å². The molecule has 0 aliphatic rings. The van der Waals surface area contributed by atoms with Crippen LogP contribution in [0.4, 0.5) is 0 Å². The van der Waals surface area contributed by atoms with Gasteiger partial charge in [0.15, 0.2) is 0 Å². The second-order valence-corrected chi connectivity index (χ2v) is 5.80. The van der Waals surface area contributed by atoms with E-state index in [9.17, 15) is 10.2 Å². The van der Waals surface area contributed by atoms with Gasteiger partial charge in [-0.25, -0.2) is 0 Å². The summed E-state index contributed by atoms with van der Waals surface area (Å²) in [5.74, 6) is 0.218. The van der Waals surface area contributed by atoms with Gasteiger partial charge in [-0.2, -0.15) is 0 Å². The predicted molar refractivity (Wildman–Crippen MR) is 90.6 cm³/mol. The molecule has 0 aliphatic heterocycles. The summed E-state index contributed by atoms with van der Waals surface area (Å²) in [6.07, 6.45) is 17.3. The Balaban J connectivity index is 2.02. The highest BCUT2D eigenvalue weighted by Gasteiger charge is 1.95. The normalized spacial score (nSPS) is 11.3. The van der Waals surface area contributed by atoms with Crippen LogP contribution in [0.15, 0.2) is 24.3 Å². The molecule has 1 aromatic rings. The summed E-state index contributed by atoms with van der Waals surface area (Å²) < 4.78 is 0. The van der Waals surface area contributed by atoms with Crippen LogP contribution in [0.1, 0.15) is 76.7 Å². The van der Waals surface area contributed by atoms with Gasteiger partial charge in [0.2, 0.25) is 0 Å². The molecule has 0 amide bonds. The molecule has 1 rings (SSSR count). The Morgan fingerprint density at radius 3 is 1.86 bits per heavy atom. The molecule has 0 radical (unpaired) electrons. The van der Waals surface area contributed by atoms with E-state index in [-0.39, 0.29) is 11.5 Å². The fourth-order valence-corrected chi connectivity index (χ4v) is 2.51. The van der Waals surface area contributed by atoms with Crippen molar-refractivity contribution in [1.29, 1.82) is 0 Å². The Morgan fingerprint density at radius 2 is 1.29 bits per heavy atom. The molecule has 0 bridgehead atoms. The number of rotatable bonds is 11. The van der Waals surface area contributed by atoms with Gasteiger partial charge in [0.1, 0.15) is 11.5 Å². The van der Waals surface area contributed by atoms with Crippen LogP contribution >= 0.6 is 0 Å². The average Bonchev–Trinajstić information content (AvgIpc) is 2.44. The first-order valence-corrected chi connectivity index (χ1v) is 8.42. The summed E-state index contributed by atoms with van der Waals surface area (Å²) in [5, 5.41) is 18.8. The van der Waals surface area contributed by atoms with Crippen LogP contribution in [-0.4, -0.2) is 10.2 Å². The first-order chi connectivity index (χ1) is 10.2. The lowest BCUT2D eigenvalue weighted by molar-refractivity contribution is 0.450. The van der Waals surface area contributed by atoms with E-state index in [0.29, 0.717) is 0 Å². The molecule has 0 saturated heterocycles. The van der Waals surface area contributed by atoms with E-state index in [0.717, 1.165) is 12.0 Å². The van der Waals surface area contributed by atoms with Crippen LogP contribution in [-0.2, 0) is 0 Å². The first-order valence-electron chi connectivity index (χ1n) is 8.42. The van der Waals surface area contributed by atoms with Crippen LogP contribution in [0.5, 0.6) is 11.5 Å². The molecule has 0 atom stereocenters. The van der Waals surface area contributed by atoms with Crippen molar-refractivity contribution >= 4 is 6.08 Å². The highest BCUT2D eigenvalue weighted by Crippen LogP contribution is 2.21. The monoisotopic (exact) mass is 290 g/mol. The molecule has 2 nitrogen and oxygen atoms in total. The summed E-state index contributed by atoms with van der Waals surface area (Å²) in [4.78, 5) is 0. The molecule has 0 heterocycles. The fourth-order valence-electron chi connectivity index (χ4n) is 2.51. The number of hydrogen-bond acceptors (Lipinski definition) is 2. The number of phenolic OH excluding ortho intramolecular Hbond substituents is 2. The molecule has 21 heavy (non-hydrogen) atoms. The lowest BCUT2D eigenvalue weighted by Crippen LogP contribution is -1.80. The lowest BCUT2D eigenvalue weighted by atomic mass is 10.1. The van der Waals surface area contributed by atoms with Crippen LogP contribution in [0.25, 0.3) is 6.08 Å². The summed E-state index contributed by atoms with van der Waals surface area (Å²) in [5.41, 5.74) is 0.850. The summed E-state index contributed by atoms with van der Waals surface area (Å²) in [6, 6.07) is 4.66. The van der Waals surface area contributed by atoms with Crippen molar-refractivity contribution < 1.29 is 10.2 Å². The molecule has 0 unspecified atom stereocenters. The van der Waals surface area contributed by atoms with Crippen molar-refractivity contribution in [3.63, 3.8) is 0 Å². The molecule has 0 fully saturated rings. The maximum absolute atomic E-state index is 9.38. The van der Waals surface area contributed by atoms with Gasteiger partial charge < -0.3 is 10.2 Å². The Labute approximate surface area is 129 Å². The van der Waals surface area contributed by atoms with E-state index in [1.54, 1.807) is 12.1 Å². The molecular formula is C19H30O2. The van der Waals surface area contributed by atoms with Gasteiger partial charge in [-0.1, -0.05) is 70.4 Å². The Bertz CT molecular complexity index is 390. The van der Waals surface area contributed by atoms with E-state index < -0.39 is 0 Å². The standard InChI is InChI=1S/C19H30O2/c1-2-3-4-5-6-7-8-9-10-11-12-13-17-14-18(20)16-19(21)15-17/h12-16,20-21H,2-11H2,1H3/b13-12+. The van der Waals surface area contributed by atoms with E-state index in [4.69, 9.17) is 0 Å². The van der Waals surface area contributed by atoms with Crippen LogP contribution in [0.3, 0.4) is 0 Å². The highest BCUT2D eigenvalue weighted by molar-refractivity contribution is 5.54. The van der Waals surface area contributed by atoms with E-state index >= 15 is 0 Å². The molecule has 2 heteroatoms. The van der Waals surface area contributed by atoms with Crippen molar-refractivity contribution in [2.45, 2.75) is 71.1 Å². The van der Waals surface area contributed by atoms with E-state index in [2.05, 4.69) is 13.0 Å². The Morgan fingerprint density at radius 1 is 0.762 bits per heavy atom. The van der Waals surface area contributed by atoms with Crippen molar-refractivity contribution in [3.8, 4) is 11.5 Å². The maximum Gasteiger partial charge on any atom is 0.119 e. The molecule has 118 valence electrons. The molecule has 0 spiro atoms. The highest BCUT2D eigenvalue weighted by atomic mass is 16.3. The van der Waals surface area contributed by atoms with Gasteiger partial charge in [-0.05, 0) is 30.5 Å². The van der Waals surface area contributed by atoms with E-state index in [1.165, 1.54) is 63.9 Å². The molecule has 0 aromatic heterocycles. The zero-order chi connectivity index (χ0) is 15.3. The van der Waals surface area contributed by atoms with Gasteiger partial charge in [0.25, 0.3) is 0 Å². The fraction of sp³-hybridized carbons (Fsp3) is 0.579. The van der Waals surface area contributed by atoms with Crippen molar-refractivity contribution in [3.05, 3.63) is 29.8 Å². The third kappa shape index (κ3) is 9.17. The minimum absolute atomic E-state index is 0.109. The number of allylic oxidation sites excluding steroid dienone is 1. The second-order valence-electron chi connectivity index (χ2n) is 5.80. The number of hydrogen-bond donors (Lipinski definition) is 2. The second kappa shape index (κ2) is 11.2. The minimum Gasteiger partial charge on any atom is -0.508 e. The lowest BCUT2D eigenvalue weighted by Gasteiger charge is -2.01. The Hall–Kier alpha value is -1.44. The number of unbranched alkanes of at least 4 members (excludes halogenated alkanes) is 9. The molecular weight excluding hydrogens is 260 g/mol. The molecule has 1 aromatic carbocycles. The SMILES string of the molecule is CCCCCCCCCCC/C=C/c1cc(O)cc(O)c1. The third-order valence-corrected chi connectivity index (χ3v) is 3.71. The van der Waals surface area contributed by atoms with Gasteiger partial charge in [0, 0.05) is 6.07 Å². The maximum atomic E-state index is 9.38. The number of aromatic hydroxyl groups is 2. The zero-order valence-corrected chi connectivity index (χ0v) is 13.4. The summed E-state index contributed by atoms with van der Waals surface area (Å²) in [6.45, 7) is 2.26. The topological polar surface area (TPSA) is 40.5 Å². The summed E-state index contributed by atoms with van der Waals surface area (Å²) >= 11 is 0. The van der Waals surface area contributed by atoms with E-state index in [1.807, 2.05) is 6.08 Å². The van der Waals surface area contributed by atoms with Crippen LogP contribution in [0.2, 0.25) is 0 Å². The predicted octanol–water partition coefficient (Wildman–Crippen LogP) is 6.03. The minimum atomic E-state index is 0.109. The Kier molecular flexibility index (Phi) is 9.43. The third-order valence-electron chi connectivity index (χ3n) is 3.71. The van der Waals surface area contributed by atoms with Gasteiger partial charge in [0.05, 0.1) is 0 Å². The molecule has 0 aliphatic carbocycles. The quantitative estimate of drug-likeness (QED) is 0.488. The van der Waals surface area contributed by atoms with Gasteiger partial charge in [-0.3, -0.25) is 0 Å². The van der Waals surface area contributed by atoms with Crippen molar-refractivity contribution in [2.24, 2.45) is 0 Å². The van der Waals surface area contributed by atoms with Crippen LogP contribution in [0, 0.1) is 0 Å². The summed E-state index contributed by atoms with van der Waals surface area (Å²) in [7, 11) is 0. The largest absolute Gasteiger partial charge is 0.508 e. The first kappa shape index (κ1) is 17.6. The van der Waals surface area contributed by atoms with Gasteiger partial charge in [-0.15, -0.1) is 0 Å². The zero-order valence-electron chi connectivity index (χ0n) is 13.4. The number of phenols is 2. The number of benzene rings is 1.